The molecule has 0 saturated heterocycles. The Morgan fingerprint density at radius 2 is 1.00 bits per heavy atom. The topological polar surface area (TPSA) is 40.9 Å². The summed E-state index contributed by atoms with van der Waals surface area (Å²) in [6.07, 6.45) is 16.4. The molecule has 22 heavy (non-hydrogen) atoms. The van der Waals surface area contributed by atoms with Crippen LogP contribution in [0.5, 0.6) is 0 Å². The van der Waals surface area contributed by atoms with Crippen LogP contribution >= 0.6 is 8.58 Å². The quantitative estimate of drug-likeness (QED) is 0.213. The third-order valence-electron chi connectivity index (χ3n) is 3.31. The monoisotopic (exact) mass is 317 g/mol. The minimum Gasteiger partial charge on any atom is -0.222 e. The Kier molecular flexibility index (Phi) is 13.3. The van der Waals surface area contributed by atoms with Gasteiger partial charge in [0.25, 0.3) is 0 Å². The Morgan fingerprint density at radius 1 is 0.773 bits per heavy atom. The van der Waals surface area contributed by atoms with Crippen LogP contribution < -0.4 is 0 Å². The fourth-order valence-corrected chi connectivity index (χ4v) is 4.51. The number of allylic oxidation sites excluding steroid dienone is 6. The summed E-state index contributed by atoms with van der Waals surface area (Å²) >= 11 is 0. The fourth-order valence-electron chi connectivity index (χ4n) is 2.33. The van der Waals surface area contributed by atoms with E-state index >= 15 is 0 Å². The molecule has 0 aliphatic carbocycles. The molecule has 0 spiro atoms. The zero-order chi connectivity index (χ0) is 17.5. The molecule has 3 heteroatoms. The molecule has 0 radical (unpaired) electrons. The van der Waals surface area contributed by atoms with Gasteiger partial charge in [0.05, 0.1) is 0 Å². The van der Waals surface area contributed by atoms with Crippen molar-refractivity contribution in [1.82, 2.24) is 0 Å². The van der Waals surface area contributed by atoms with E-state index in [0.717, 1.165) is 31.8 Å². The number of rotatable bonds is 12. The third kappa shape index (κ3) is 7.88. The lowest BCUT2D eigenvalue weighted by Crippen LogP contribution is -2.29. The van der Waals surface area contributed by atoms with Crippen LogP contribution in [0.25, 0.3) is 0 Å². The maximum Gasteiger partial charge on any atom is 0.231 e. The highest BCUT2D eigenvalue weighted by Crippen LogP contribution is 2.52. The Bertz CT molecular complexity index is 377. The van der Waals surface area contributed by atoms with Gasteiger partial charge in [0.2, 0.25) is 6.08 Å². The molecular weight excluding hydrogens is 289 g/mol. The van der Waals surface area contributed by atoms with Crippen LogP contribution in [0.3, 0.4) is 0 Å². The predicted molar refractivity (Wildman–Crippen MR) is 102 cm³/mol. The average molecular weight is 317 g/mol. The van der Waals surface area contributed by atoms with Crippen molar-refractivity contribution in [2.75, 3.05) is 0 Å². The summed E-state index contributed by atoms with van der Waals surface area (Å²) in [6, 6.07) is 0. The summed E-state index contributed by atoms with van der Waals surface area (Å²) in [7, 11) is 0.661. The smallest absolute Gasteiger partial charge is 0.222 e. The largest absolute Gasteiger partial charge is 0.231 e. The van der Waals surface area contributed by atoms with Crippen molar-refractivity contribution in [3.63, 3.8) is 0 Å². The molecule has 2 nitrogen and oxygen atoms in total. The zero-order valence-corrected chi connectivity index (χ0v) is 14.4. The molecule has 0 aromatic carbocycles. The Labute approximate surface area is 137 Å². The second-order valence-corrected chi connectivity index (χ2v) is 7.16. The summed E-state index contributed by atoms with van der Waals surface area (Å²) < 4.78 is 0. The SMILES string of the molecule is C=CCC(C=C)(CC=C)PC(C=C)(CC=C)CC=C.N=C=O. The maximum atomic E-state index is 8.35. The molecule has 0 fully saturated rings. The van der Waals surface area contributed by atoms with Gasteiger partial charge in [0.1, 0.15) is 0 Å². The van der Waals surface area contributed by atoms with E-state index < -0.39 is 0 Å². The van der Waals surface area contributed by atoms with Gasteiger partial charge >= 0.3 is 0 Å². The first kappa shape index (κ1) is 22.5. The molecule has 0 bridgehead atoms. The van der Waals surface area contributed by atoms with Crippen LogP contribution in [0.15, 0.2) is 75.9 Å². The summed E-state index contributed by atoms with van der Waals surface area (Å²) in [5, 5.41) is 5.44. The lowest BCUT2D eigenvalue weighted by atomic mass is 9.99. The number of nitrogens with one attached hydrogen (secondary N) is 1. The molecular formula is C19H28NOP. The summed E-state index contributed by atoms with van der Waals surface area (Å²) in [5.41, 5.74) is 0. The highest BCUT2D eigenvalue weighted by molar-refractivity contribution is 7.42. The first-order valence-electron chi connectivity index (χ1n) is 7.03. The summed E-state index contributed by atoms with van der Waals surface area (Å²) in [6.45, 7) is 23.6. The van der Waals surface area contributed by atoms with Crippen molar-refractivity contribution < 1.29 is 4.79 Å². The molecule has 0 aromatic heterocycles. The van der Waals surface area contributed by atoms with Crippen molar-refractivity contribution in [2.24, 2.45) is 0 Å². The van der Waals surface area contributed by atoms with Crippen LogP contribution in [0.4, 0.5) is 0 Å². The molecule has 0 unspecified atom stereocenters. The van der Waals surface area contributed by atoms with Gasteiger partial charge in [-0.15, -0.1) is 39.5 Å². The van der Waals surface area contributed by atoms with E-state index in [1.807, 2.05) is 24.3 Å². The third-order valence-corrected chi connectivity index (χ3v) is 5.53. The first-order valence-corrected chi connectivity index (χ1v) is 8.03. The van der Waals surface area contributed by atoms with Crippen molar-refractivity contribution in [3.8, 4) is 0 Å². The lowest BCUT2D eigenvalue weighted by molar-refractivity contribution is 0.563. The van der Waals surface area contributed by atoms with Crippen molar-refractivity contribution in [2.45, 2.75) is 36.0 Å². The Hall–Kier alpha value is -1.75. The van der Waals surface area contributed by atoms with Crippen molar-refractivity contribution in [3.05, 3.63) is 75.9 Å². The molecule has 0 aliphatic heterocycles. The van der Waals surface area contributed by atoms with Gasteiger partial charge in [0, 0.05) is 10.3 Å². The van der Waals surface area contributed by atoms with Crippen LogP contribution in [-0.2, 0) is 4.79 Å². The minimum absolute atomic E-state index is 0.0176. The number of hydrogen-bond acceptors (Lipinski definition) is 2. The van der Waals surface area contributed by atoms with Crippen molar-refractivity contribution >= 4 is 14.7 Å². The van der Waals surface area contributed by atoms with Crippen LogP contribution in [0.1, 0.15) is 25.7 Å². The van der Waals surface area contributed by atoms with E-state index in [9.17, 15) is 0 Å². The Balaban J connectivity index is 0. The number of isocyanates is 1. The molecule has 0 saturated carbocycles. The van der Waals surface area contributed by atoms with Crippen LogP contribution in [-0.4, -0.2) is 16.4 Å². The van der Waals surface area contributed by atoms with E-state index in [1.165, 1.54) is 0 Å². The maximum absolute atomic E-state index is 8.35. The van der Waals surface area contributed by atoms with Gasteiger partial charge in [-0.1, -0.05) is 45.0 Å². The number of hydrogen-bond donors (Lipinski definition) is 1. The predicted octanol–water partition coefficient (Wildman–Crippen LogP) is 5.72. The normalized spacial score (nSPS) is 10.2. The molecule has 0 heterocycles. The van der Waals surface area contributed by atoms with E-state index in [1.54, 1.807) is 0 Å². The van der Waals surface area contributed by atoms with Crippen LogP contribution in [0, 0.1) is 5.41 Å². The zero-order valence-electron chi connectivity index (χ0n) is 13.4. The summed E-state index contributed by atoms with van der Waals surface area (Å²) in [5.74, 6) is 0. The Morgan fingerprint density at radius 3 is 1.14 bits per heavy atom. The van der Waals surface area contributed by atoms with E-state index in [4.69, 9.17) is 10.2 Å². The standard InChI is InChI=1S/C18H27P.CHNO/c1-7-13-17(11-5,14-8-2)19-18(12-6,15-9-3)16-10-4;2-1-3/h7-12,19H,1-6,13-16H2;2H. The second kappa shape index (κ2) is 13.0. The van der Waals surface area contributed by atoms with Gasteiger partial charge in [-0.05, 0) is 25.7 Å². The fraction of sp³-hybridized carbons (Fsp3) is 0.316. The van der Waals surface area contributed by atoms with Crippen molar-refractivity contribution in [1.29, 1.82) is 5.41 Å². The average Bonchev–Trinajstić information content (AvgIpc) is 2.49. The molecule has 0 atom stereocenters. The van der Waals surface area contributed by atoms with Gasteiger partial charge in [-0.25, -0.2) is 10.2 Å². The molecule has 0 aromatic rings. The van der Waals surface area contributed by atoms with Gasteiger partial charge in [-0.3, -0.25) is 0 Å². The highest BCUT2D eigenvalue weighted by Gasteiger charge is 2.34. The molecule has 0 amide bonds. The minimum atomic E-state index is 0.0176. The molecule has 120 valence electrons. The second-order valence-electron chi connectivity index (χ2n) is 4.92. The lowest BCUT2D eigenvalue weighted by Gasteiger charge is -2.39. The highest BCUT2D eigenvalue weighted by atomic mass is 31.1. The van der Waals surface area contributed by atoms with E-state index in [0.29, 0.717) is 8.58 Å². The molecule has 0 aliphatic rings. The van der Waals surface area contributed by atoms with Gasteiger partial charge < -0.3 is 0 Å². The van der Waals surface area contributed by atoms with E-state index in [2.05, 4.69) is 51.6 Å². The first-order chi connectivity index (χ1) is 10.5. The van der Waals surface area contributed by atoms with E-state index in [-0.39, 0.29) is 10.3 Å². The summed E-state index contributed by atoms with van der Waals surface area (Å²) in [4.78, 5) is 8.35. The molecule has 0 rings (SSSR count). The van der Waals surface area contributed by atoms with Gasteiger partial charge in [0.15, 0.2) is 0 Å². The van der Waals surface area contributed by atoms with Crippen LogP contribution in [0.2, 0.25) is 0 Å². The molecule has 1 N–H and O–H groups in total. The number of carbonyl (C=O) groups excluding carboxylic acids is 1. The van der Waals surface area contributed by atoms with Gasteiger partial charge in [-0.2, -0.15) is 0 Å².